The van der Waals surface area contributed by atoms with E-state index in [1.54, 1.807) is 4.52 Å². The third-order valence-corrected chi connectivity index (χ3v) is 2.95. The molecular formula is C11H14N4. The standard InChI is InChI=1S/C11H14N4/c1-8-6-9(7-8)12-11-13-10-4-2-3-5-15(10)14-11/h2-5,8-9H,6-7H2,1H3,(H,12,14). The zero-order valence-electron chi connectivity index (χ0n) is 8.72. The van der Waals surface area contributed by atoms with E-state index >= 15 is 0 Å². The molecule has 2 heterocycles. The third kappa shape index (κ3) is 1.56. The second-order valence-corrected chi connectivity index (χ2v) is 4.36. The Balaban J connectivity index is 1.80. The summed E-state index contributed by atoms with van der Waals surface area (Å²) in [5.74, 6) is 1.60. The van der Waals surface area contributed by atoms with E-state index in [1.807, 2.05) is 24.4 Å². The van der Waals surface area contributed by atoms with Crippen LogP contribution in [0.3, 0.4) is 0 Å². The Kier molecular flexibility index (Phi) is 1.87. The maximum atomic E-state index is 4.40. The smallest absolute Gasteiger partial charge is 0.243 e. The maximum absolute atomic E-state index is 4.40. The van der Waals surface area contributed by atoms with Gasteiger partial charge in [-0.25, -0.2) is 4.52 Å². The van der Waals surface area contributed by atoms with Crippen molar-refractivity contribution in [1.29, 1.82) is 0 Å². The van der Waals surface area contributed by atoms with Crippen LogP contribution >= 0.6 is 0 Å². The Morgan fingerprint density at radius 1 is 1.40 bits per heavy atom. The van der Waals surface area contributed by atoms with Crippen LogP contribution in [-0.4, -0.2) is 20.6 Å². The van der Waals surface area contributed by atoms with E-state index in [4.69, 9.17) is 0 Å². The third-order valence-electron chi connectivity index (χ3n) is 2.95. The van der Waals surface area contributed by atoms with E-state index in [0.717, 1.165) is 17.5 Å². The number of aromatic nitrogens is 3. The minimum Gasteiger partial charge on any atom is -0.350 e. The number of fused-ring (bicyclic) bond motifs is 1. The molecule has 1 N–H and O–H groups in total. The van der Waals surface area contributed by atoms with E-state index in [-0.39, 0.29) is 0 Å². The van der Waals surface area contributed by atoms with Gasteiger partial charge in [0.15, 0.2) is 5.65 Å². The predicted molar refractivity (Wildman–Crippen MR) is 58.8 cm³/mol. The molecular weight excluding hydrogens is 188 g/mol. The lowest BCUT2D eigenvalue weighted by molar-refractivity contribution is 0.308. The van der Waals surface area contributed by atoms with Gasteiger partial charge in [0.2, 0.25) is 5.95 Å². The van der Waals surface area contributed by atoms with Gasteiger partial charge < -0.3 is 5.32 Å². The molecule has 15 heavy (non-hydrogen) atoms. The van der Waals surface area contributed by atoms with Gasteiger partial charge >= 0.3 is 0 Å². The largest absolute Gasteiger partial charge is 0.350 e. The van der Waals surface area contributed by atoms with Crippen LogP contribution in [-0.2, 0) is 0 Å². The number of rotatable bonds is 2. The van der Waals surface area contributed by atoms with Crippen molar-refractivity contribution in [3.8, 4) is 0 Å². The second-order valence-electron chi connectivity index (χ2n) is 4.36. The highest BCUT2D eigenvalue weighted by Crippen LogP contribution is 2.28. The van der Waals surface area contributed by atoms with E-state index in [0.29, 0.717) is 6.04 Å². The topological polar surface area (TPSA) is 42.2 Å². The monoisotopic (exact) mass is 202 g/mol. The molecule has 0 spiro atoms. The molecule has 0 atom stereocenters. The van der Waals surface area contributed by atoms with Gasteiger partial charge in [-0.15, -0.1) is 5.10 Å². The summed E-state index contributed by atoms with van der Waals surface area (Å²) in [6, 6.07) is 6.45. The fourth-order valence-corrected chi connectivity index (χ4v) is 2.10. The zero-order valence-corrected chi connectivity index (χ0v) is 8.72. The van der Waals surface area contributed by atoms with Crippen molar-refractivity contribution in [3.63, 3.8) is 0 Å². The second kappa shape index (κ2) is 3.22. The molecule has 0 saturated heterocycles. The zero-order chi connectivity index (χ0) is 10.3. The summed E-state index contributed by atoms with van der Waals surface area (Å²) in [6.07, 6.45) is 4.38. The minimum atomic E-state index is 0.567. The van der Waals surface area contributed by atoms with Crippen LogP contribution in [0.4, 0.5) is 5.95 Å². The summed E-state index contributed by atoms with van der Waals surface area (Å²) >= 11 is 0. The van der Waals surface area contributed by atoms with Gasteiger partial charge in [-0.05, 0) is 30.9 Å². The molecule has 1 aliphatic rings. The maximum Gasteiger partial charge on any atom is 0.243 e. The van der Waals surface area contributed by atoms with Crippen LogP contribution < -0.4 is 5.32 Å². The molecule has 2 aromatic rings. The van der Waals surface area contributed by atoms with E-state index in [1.165, 1.54) is 12.8 Å². The minimum absolute atomic E-state index is 0.567. The van der Waals surface area contributed by atoms with Gasteiger partial charge in [0.05, 0.1) is 0 Å². The molecule has 78 valence electrons. The van der Waals surface area contributed by atoms with Gasteiger partial charge in [0.1, 0.15) is 0 Å². The van der Waals surface area contributed by atoms with Crippen LogP contribution in [0.25, 0.3) is 5.65 Å². The van der Waals surface area contributed by atoms with Gasteiger partial charge in [-0.3, -0.25) is 0 Å². The first-order valence-corrected chi connectivity index (χ1v) is 5.39. The fourth-order valence-electron chi connectivity index (χ4n) is 2.10. The molecule has 1 aliphatic carbocycles. The van der Waals surface area contributed by atoms with Crippen molar-refractivity contribution in [2.24, 2.45) is 5.92 Å². The average molecular weight is 202 g/mol. The van der Waals surface area contributed by atoms with Crippen LogP contribution in [0.5, 0.6) is 0 Å². The van der Waals surface area contributed by atoms with Crippen molar-refractivity contribution >= 4 is 11.6 Å². The first-order valence-electron chi connectivity index (χ1n) is 5.39. The van der Waals surface area contributed by atoms with Crippen LogP contribution in [0.15, 0.2) is 24.4 Å². The summed E-state index contributed by atoms with van der Waals surface area (Å²) < 4.78 is 1.80. The Morgan fingerprint density at radius 2 is 2.27 bits per heavy atom. The molecule has 4 nitrogen and oxygen atoms in total. The SMILES string of the molecule is CC1CC(Nc2nc3ccccn3n2)C1. The quantitative estimate of drug-likeness (QED) is 0.809. The average Bonchev–Trinajstić information content (AvgIpc) is 2.57. The Labute approximate surface area is 88.3 Å². The van der Waals surface area contributed by atoms with Gasteiger partial charge in [0, 0.05) is 12.2 Å². The summed E-state index contributed by atoms with van der Waals surface area (Å²) in [5, 5.41) is 7.71. The molecule has 0 aliphatic heterocycles. The normalized spacial score (nSPS) is 25.1. The summed E-state index contributed by atoms with van der Waals surface area (Å²) in [7, 11) is 0. The number of anilines is 1. The lowest BCUT2D eigenvalue weighted by atomic mass is 9.82. The number of pyridine rings is 1. The van der Waals surface area contributed by atoms with Crippen molar-refractivity contribution in [1.82, 2.24) is 14.6 Å². The molecule has 1 saturated carbocycles. The summed E-state index contributed by atoms with van der Waals surface area (Å²) in [6.45, 7) is 2.27. The van der Waals surface area contributed by atoms with E-state index < -0.39 is 0 Å². The van der Waals surface area contributed by atoms with Crippen molar-refractivity contribution < 1.29 is 0 Å². The molecule has 0 aromatic carbocycles. The highest BCUT2D eigenvalue weighted by molar-refractivity contribution is 5.43. The molecule has 0 unspecified atom stereocenters. The van der Waals surface area contributed by atoms with Crippen LogP contribution in [0, 0.1) is 5.92 Å². The van der Waals surface area contributed by atoms with Gasteiger partial charge in [-0.2, -0.15) is 4.98 Å². The molecule has 4 heteroatoms. The van der Waals surface area contributed by atoms with Crippen molar-refractivity contribution in [2.45, 2.75) is 25.8 Å². The summed E-state index contributed by atoms with van der Waals surface area (Å²) in [5.41, 5.74) is 0.896. The van der Waals surface area contributed by atoms with Gasteiger partial charge in [0.25, 0.3) is 0 Å². The van der Waals surface area contributed by atoms with E-state index in [2.05, 4.69) is 22.3 Å². The number of nitrogens with one attached hydrogen (secondary N) is 1. The van der Waals surface area contributed by atoms with Gasteiger partial charge in [-0.1, -0.05) is 13.0 Å². The molecule has 1 fully saturated rings. The lowest BCUT2D eigenvalue weighted by Crippen LogP contribution is -2.34. The summed E-state index contributed by atoms with van der Waals surface area (Å²) in [4.78, 5) is 4.40. The molecule has 3 rings (SSSR count). The Morgan fingerprint density at radius 3 is 3.00 bits per heavy atom. The van der Waals surface area contributed by atoms with Crippen molar-refractivity contribution in [2.75, 3.05) is 5.32 Å². The molecule has 2 aromatic heterocycles. The van der Waals surface area contributed by atoms with Crippen LogP contribution in [0.2, 0.25) is 0 Å². The van der Waals surface area contributed by atoms with Crippen LogP contribution in [0.1, 0.15) is 19.8 Å². The number of hydrogen-bond donors (Lipinski definition) is 1. The number of nitrogens with zero attached hydrogens (tertiary/aromatic N) is 3. The molecule has 0 amide bonds. The fraction of sp³-hybridized carbons (Fsp3) is 0.455. The lowest BCUT2D eigenvalue weighted by Gasteiger charge is -2.32. The highest BCUT2D eigenvalue weighted by Gasteiger charge is 2.25. The van der Waals surface area contributed by atoms with Crippen molar-refractivity contribution in [3.05, 3.63) is 24.4 Å². The Hall–Kier alpha value is -1.58. The first-order chi connectivity index (χ1) is 7.31. The van der Waals surface area contributed by atoms with E-state index in [9.17, 15) is 0 Å². The number of hydrogen-bond acceptors (Lipinski definition) is 3. The molecule has 0 bridgehead atoms. The Bertz CT molecular complexity index is 437. The highest BCUT2D eigenvalue weighted by atomic mass is 15.3. The molecule has 0 radical (unpaired) electrons. The first kappa shape index (κ1) is 8.71. The predicted octanol–water partition coefficient (Wildman–Crippen LogP) is 1.94.